The maximum Gasteiger partial charge on any atom is 0.326 e. The third kappa shape index (κ3) is 6.29. The van der Waals surface area contributed by atoms with Crippen LogP contribution in [0.4, 0.5) is 4.79 Å². The van der Waals surface area contributed by atoms with Crippen LogP contribution in [0.15, 0.2) is 30.3 Å². The van der Waals surface area contributed by atoms with Gasteiger partial charge in [0.15, 0.2) is 0 Å². The smallest absolute Gasteiger partial charge is 0.326 e. The molecule has 0 aromatic heterocycles. The number of nitrogens with zero attached hydrogens (tertiary/aromatic N) is 1. The minimum absolute atomic E-state index is 0.0375. The number of amides is 2. The zero-order valence-electron chi connectivity index (χ0n) is 13.1. The number of nitrogens with one attached hydrogen (secondary N) is 1. The van der Waals surface area contributed by atoms with Gasteiger partial charge in [0.05, 0.1) is 0 Å². The lowest BCUT2D eigenvalue weighted by Crippen LogP contribution is -2.49. The largest absolute Gasteiger partial charge is 0.480 e. The Bertz CT molecular complexity index is 480. The van der Waals surface area contributed by atoms with Gasteiger partial charge >= 0.3 is 12.0 Å². The van der Waals surface area contributed by atoms with Crippen LogP contribution in [0.5, 0.6) is 0 Å². The minimum atomic E-state index is -1.03. The highest BCUT2D eigenvalue weighted by Crippen LogP contribution is 2.14. The number of benzene rings is 1. The van der Waals surface area contributed by atoms with Crippen LogP contribution in [0, 0.1) is 5.41 Å². The summed E-state index contributed by atoms with van der Waals surface area (Å²) in [6.45, 7) is 6.62. The van der Waals surface area contributed by atoms with E-state index in [9.17, 15) is 14.7 Å². The Balaban J connectivity index is 2.66. The number of aliphatic carboxylic acids is 1. The van der Waals surface area contributed by atoms with E-state index in [1.54, 1.807) is 7.05 Å². The van der Waals surface area contributed by atoms with Gasteiger partial charge in [-0.3, -0.25) is 0 Å². The maximum absolute atomic E-state index is 12.1. The molecule has 0 heterocycles. The predicted octanol–water partition coefficient (Wildman–Crippen LogP) is 2.37. The number of rotatable bonds is 5. The van der Waals surface area contributed by atoms with Gasteiger partial charge in [0, 0.05) is 20.0 Å². The van der Waals surface area contributed by atoms with Crippen molar-refractivity contribution in [2.45, 2.75) is 33.2 Å². The molecule has 0 fully saturated rings. The Hall–Kier alpha value is -2.04. The lowest BCUT2D eigenvalue weighted by Gasteiger charge is -2.28. The molecule has 0 aliphatic rings. The molecule has 116 valence electrons. The average molecular weight is 292 g/mol. The van der Waals surface area contributed by atoms with Crippen molar-refractivity contribution in [1.29, 1.82) is 0 Å². The van der Waals surface area contributed by atoms with Gasteiger partial charge in [-0.1, -0.05) is 51.1 Å². The monoisotopic (exact) mass is 292 g/mol. The highest BCUT2D eigenvalue weighted by atomic mass is 16.4. The van der Waals surface area contributed by atoms with Gasteiger partial charge < -0.3 is 15.3 Å². The highest BCUT2D eigenvalue weighted by Gasteiger charge is 2.24. The molecule has 0 saturated heterocycles. The van der Waals surface area contributed by atoms with Crippen LogP contribution in [0.1, 0.15) is 26.3 Å². The molecule has 0 bridgehead atoms. The molecule has 1 aromatic carbocycles. The SMILES string of the molecule is CN(CC(C)(C)C)C(=O)N[C@@H](Cc1ccccc1)C(=O)O. The van der Waals surface area contributed by atoms with Gasteiger partial charge in [-0.05, 0) is 11.0 Å². The normalized spacial score (nSPS) is 12.6. The third-order valence-electron chi connectivity index (χ3n) is 2.94. The van der Waals surface area contributed by atoms with Gasteiger partial charge in [-0.25, -0.2) is 9.59 Å². The van der Waals surface area contributed by atoms with Gasteiger partial charge in [-0.15, -0.1) is 0 Å². The van der Waals surface area contributed by atoms with Crippen molar-refractivity contribution in [2.24, 2.45) is 5.41 Å². The number of hydrogen-bond donors (Lipinski definition) is 2. The second-order valence-corrected chi connectivity index (χ2v) is 6.45. The van der Waals surface area contributed by atoms with Crippen LogP contribution in [0.3, 0.4) is 0 Å². The zero-order chi connectivity index (χ0) is 16.0. The number of carbonyl (C=O) groups excluding carboxylic acids is 1. The van der Waals surface area contributed by atoms with E-state index in [2.05, 4.69) is 5.32 Å². The summed E-state index contributed by atoms with van der Waals surface area (Å²) in [6.07, 6.45) is 0.269. The van der Waals surface area contributed by atoms with Crippen molar-refractivity contribution in [3.63, 3.8) is 0 Å². The Kier molecular flexibility index (Phi) is 5.76. The van der Waals surface area contributed by atoms with Crippen molar-refractivity contribution in [2.75, 3.05) is 13.6 Å². The Morgan fingerprint density at radius 3 is 2.29 bits per heavy atom. The molecule has 5 heteroatoms. The first kappa shape index (κ1) is 17.0. The molecule has 0 unspecified atom stereocenters. The summed E-state index contributed by atoms with van der Waals surface area (Å²) >= 11 is 0. The number of hydrogen-bond acceptors (Lipinski definition) is 2. The molecular weight excluding hydrogens is 268 g/mol. The summed E-state index contributed by atoms with van der Waals surface area (Å²) in [7, 11) is 1.67. The van der Waals surface area contributed by atoms with Gasteiger partial charge in [0.25, 0.3) is 0 Å². The molecule has 2 N–H and O–H groups in total. The lowest BCUT2D eigenvalue weighted by molar-refractivity contribution is -0.139. The average Bonchev–Trinajstić information content (AvgIpc) is 2.36. The number of urea groups is 1. The van der Waals surface area contributed by atoms with Crippen molar-refractivity contribution in [3.8, 4) is 0 Å². The fourth-order valence-electron chi connectivity index (χ4n) is 2.09. The van der Waals surface area contributed by atoms with Crippen LogP contribution >= 0.6 is 0 Å². The van der Waals surface area contributed by atoms with Gasteiger partial charge in [0.2, 0.25) is 0 Å². The molecule has 21 heavy (non-hydrogen) atoms. The maximum atomic E-state index is 12.1. The summed E-state index contributed by atoms with van der Waals surface area (Å²) in [5.74, 6) is -1.03. The highest BCUT2D eigenvalue weighted by molar-refractivity contribution is 5.82. The molecule has 0 aliphatic carbocycles. The van der Waals surface area contributed by atoms with Crippen molar-refractivity contribution in [1.82, 2.24) is 10.2 Å². The van der Waals surface area contributed by atoms with E-state index in [0.29, 0.717) is 6.54 Å². The van der Waals surface area contributed by atoms with Crippen molar-refractivity contribution < 1.29 is 14.7 Å². The third-order valence-corrected chi connectivity index (χ3v) is 2.94. The van der Waals surface area contributed by atoms with Crippen LogP contribution in [-0.2, 0) is 11.2 Å². The van der Waals surface area contributed by atoms with E-state index < -0.39 is 12.0 Å². The first-order valence-electron chi connectivity index (χ1n) is 6.97. The molecule has 0 saturated carbocycles. The summed E-state index contributed by atoms with van der Waals surface area (Å²) in [6, 6.07) is 7.97. The number of carboxylic acids is 1. The minimum Gasteiger partial charge on any atom is -0.480 e. The first-order valence-corrected chi connectivity index (χ1v) is 6.97. The van der Waals surface area contributed by atoms with Crippen molar-refractivity contribution >= 4 is 12.0 Å². The Morgan fingerprint density at radius 2 is 1.81 bits per heavy atom. The van der Waals surface area contributed by atoms with Gasteiger partial charge in [0.1, 0.15) is 6.04 Å². The summed E-state index contributed by atoms with van der Waals surface area (Å²) in [4.78, 5) is 24.9. The predicted molar refractivity (Wildman–Crippen MR) is 82.2 cm³/mol. The summed E-state index contributed by atoms with van der Waals surface area (Å²) in [5, 5.41) is 11.8. The van der Waals surface area contributed by atoms with Crippen LogP contribution in [0.2, 0.25) is 0 Å². The summed E-state index contributed by atoms with van der Waals surface area (Å²) < 4.78 is 0. The molecule has 1 aromatic rings. The summed E-state index contributed by atoms with van der Waals surface area (Å²) in [5.41, 5.74) is 0.841. The van der Waals surface area contributed by atoms with E-state index >= 15 is 0 Å². The molecule has 0 spiro atoms. The molecule has 0 radical (unpaired) electrons. The van der Waals surface area contributed by atoms with E-state index in [4.69, 9.17) is 0 Å². The number of carboxylic acid groups (broad SMARTS) is 1. The number of carbonyl (C=O) groups is 2. The second-order valence-electron chi connectivity index (χ2n) is 6.45. The molecule has 0 aliphatic heterocycles. The molecule has 1 atom stereocenters. The van der Waals surface area contributed by atoms with Crippen LogP contribution in [0.25, 0.3) is 0 Å². The molecule has 2 amide bonds. The van der Waals surface area contributed by atoms with Gasteiger partial charge in [-0.2, -0.15) is 0 Å². The van der Waals surface area contributed by atoms with E-state index in [-0.39, 0.29) is 17.9 Å². The fourth-order valence-corrected chi connectivity index (χ4v) is 2.09. The molecular formula is C16H24N2O3. The quantitative estimate of drug-likeness (QED) is 0.875. The molecule has 1 rings (SSSR count). The Morgan fingerprint density at radius 1 is 1.24 bits per heavy atom. The van der Waals surface area contributed by atoms with Crippen molar-refractivity contribution in [3.05, 3.63) is 35.9 Å². The zero-order valence-corrected chi connectivity index (χ0v) is 13.1. The van der Waals surface area contributed by atoms with E-state index in [1.807, 2.05) is 51.1 Å². The lowest BCUT2D eigenvalue weighted by atomic mass is 9.96. The molecule has 5 nitrogen and oxygen atoms in total. The fraction of sp³-hybridized carbons (Fsp3) is 0.500. The van der Waals surface area contributed by atoms with Crippen LogP contribution in [-0.4, -0.2) is 41.6 Å². The van der Waals surface area contributed by atoms with E-state index in [0.717, 1.165) is 5.56 Å². The van der Waals surface area contributed by atoms with E-state index in [1.165, 1.54) is 4.90 Å². The topological polar surface area (TPSA) is 69.6 Å². The van der Waals surface area contributed by atoms with Crippen LogP contribution < -0.4 is 5.32 Å². The second kappa shape index (κ2) is 7.11. The first-order chi connectivity index (χ1) is 9.69. The Labute approximate surface area is 126 Å². The standard InChI is InChI=1S/C16H24N2O3/c1-16(2,3)11-18(4)15(21)17-13(14(19)20)10-12-8-6-5-7-9-12/h5-9,13H,10-11H2,1-4H3,(H,17,21)(H,19,20)/t13-/m0/s1.